The van der Waals surface area contributed by atoms with Crippen LogP contribution in [0.1, 0.15) is 38.7 Å². The molecule has 34 heavy (non-hydrogen) atoms. The van der Waals surface area contributed by atoms with Crippen LogP contribution >= 0.6 is 0 Å². The number of nitrogens with zero attached hydrogens (tertiary/aromatic N) is 3. The molecule has 0 radical (unpaired) electrons. The highest BCUT2D eigenvalue weighted by molar-refractivity contribution is 6.04. The van der Waals surface area contributed by atoms with Gasteiger partial charge in [0.05, 0.1) is 24.1 Å². The van der Waals surface area contributed by atoms with Crippen LogP contribution in [0.4, 0.5) is 5.69 Å². The highest BCUT2D eigenvalue weighted by atomic mass is 16.5. The molecule has 0 amide bonds. The lowest BCUT2D eigenvalue weighted by atomic mass is 9.91. The molecule has 4 rings (SSSR count). The maximum absolute atomic E-state index is 13.0. The number of rotatable bonds is 6. The Labute approximate surface area is 201 Å². The highest BCUT2D eigenvalue weighted by Gasteiger charge is 2.24. The third-order valence-corrected chi connectivity index (χ3v) is 6.71. The summed E-state index contributed by atoms with van der Waals surface area (Å²) >= 11 is 0. The van der Waals surface area contributed by atoms with E-state index in [1.54, 1.807) is 7.11 Å². The van der Waals surface area contributed by atoms with Crippen LogP contribution in [0.2, 0.25) is 0 Å². The summed E-state index contributed by atoms with van der Waals surface area (Å²) in [6.07, 6.45) is 10.7. The number of anilines is 1. The number of ether oxygens (including phenoxy) is 1. The average molecular weight is 462 g/mol. The van der Waals surface area contributed by atoms with Crippen molar-refractivity contribution in [3.63, 3.8) is 0 Å². The molecule has 2 aliphatic heterocycles. The minimum absolute atomic E-state index is 0.253. The topological polar surface area (TPSA) is 58.3 Å². The number of allylic oxidation sites excluding steroid dienone is 5. The fourth-order valence-corrected chi connectivity index (χ4v) is 4.64. The summed E-state index contributed by atoms with van der Waals surface area (Å²) in [4.78, 5) is 22.6. The Hall–Kier alpha value is -3.12. The van der Waals surface area contributed by atoms with Crippen molar-refractivity contribution in [1.82, 2.24) is 4.90 Å². The number of aliphatic imine (C=N–C) groups is 1. The van der Waals surface area contributed by atoms with E-state index in [0.717, 1.165) is 68.0 Å². The van der Waals surface area contributed by atoms with Crippen LogP contribution in [-0.4, -0.2) is 50.9 Å². The van der Waals surface area contributed by atoms with Crippen molar-refractivity contribution >= 4 is 28.1 Å². The molecule has 0 saturated carbocycles. The number of likely N-dealkylation sites (N-methyl/N-ethyl adjacent to an activating group) is 1. The van der Waals surface area contributed by atoms with Crippen molar-refractivity contribution < 1.29 is 9.15 Å². The van der Waals surface area contributed by atoms with Crippen molar-refractivity contribution in [3.8, 4) is 0 Å². The SMILES string of the molecule is CC=CC=C(OC)C1=NC(c2cc3ccc(N4CCCN(C)CC4)cc3oc2=O)=CCC1CC. The van der Waals surface area contributed by atoms with E-state index in [2.05, 4.69) is 29.8 Å². The molecular weight excluding hydrogens is 426 g/mol. The van der Waals surface area contributed by atoms with E-state index < -0.39 is 0 Å². The largest absolute Gasteiger partial charge is 0.495 e. The minimum atomic E-state index is -0.360. The van der Waals surface area contributed by atoms with Crippen LogP contribution in [0.3, 0.4) is 0 Å². The Morgan fingerprint density at radius 1 is 1.24 bits per heavy atom. The first-order valence-corrected chi connectivity index (χ1v) is 12.2. The summed E-state index contributed by atoms with van der Waals surface area (Å²) in [6.45, 7) is 8.21. The van der Waals surface area contributed by atoms with Gasteiger partial charge in [-0.2, -0.15) is 0 Å². The second kappa shape index (κ2) is 10.9. The molecule has 1 aromatic heterocycles. The zero-order valence-electron chi connectivity index (χ0n) is 20.7. The van der Waals surface area contributed by atoms with Gasteiger partial charge in [0.1, 0.15) is 11.3 Å². The second-order valence-corrected chi connectivity index (χ2v) is 9.00. The second-order valence-electron chi connectivity index (χ2n) is 9.00. The van der Waals surface area contributed by atoms with Crippen LogP contribution in [0.25, 0.3) is 16.7 Å². The molecule has 1 aromatic carbocycles. The lowest BCUT2D eigenvalue weighted by Crippen LogP contribution is -2.28. The van der Waals surface area contributed by atoms with Crippen molar-refractivity contribution in [3.05, 3.63) is 70.3 Å². The van der Waals surface area contributed by atoms with Gasteiger partial charge in [0, 0.05) is 42.7 Å². The third-order valence-electron chi connectivity index (χ3n) is 6.71. The summed E-state index contributed by atoms with van der Waals surface area (Å²) in [7, 11) is 3.82. The monoisotopic (exact) mass is 461 g/mol. The Balaban J connectivity index is 1.68. The van der Waals surface area contributed by atoms with E-state index in [1.807, 2.05) is 49.4 Å². The number of methoxy groups -OCH3 is 1. The van der Waals surface area contributed by atoms with Crippen LogP contribution < -0.4 is 10.5 Å². The maximum Gasteiger partial charge on any atom is 0.345 e. The lowest BCUT2D eigenvalue weighted by molar-refractivity contribution is 0.310. The van der Waals surface area contributed by atoms with Crippen molar-refractivity contribution in [1.29, 1.82) is 0 Å². The molecule has 2 aromatic rings. The molecule has 2 aliphatic rings. The van der Waals surface area contributed by atoms with E-state index in [0.29, 0.717) is 16.8 Å². The van der Waals surface area contributed by atoms with Gasteiger partial charge in [0.15, 0.2) is 0 Å². The van der Waals surface area contributed by atoms with Crippen molar-refractivity contribution in [2.24, 2.45) is 10.9 Å². The van der Waals surface area contributed by atoms with Gasteiger partial charge in [-0.3, -0.25) is 0 Å². The fraction of sp³-hybridized carbons (Fsp3) is 0.429. The van der Waals surface area contributed by atoms with Gasteiger partial charge in [-0.05, 0) is 64.1 Å². The predicted octanol–water partition coefficient (Wildman–Crippen LogP) is 5.25. The quantitative estimate of drug-likeness (QED) is 0.334. The smallest absolute Gasteiger partial charge is 0.345 e. The van der Waals surface area contributed by atoms with Crippen LogP contribution in [0.5, 0.6) is 0 Å². The number of benzene rings is 1. The number of hydrogen-bond acceptors (Lipinski definition) is 6. The molecule has 6 heteroatoms. The Morgan fingerprint density at radius 2 is 2.09 bits per heavy atom. The first kappa shape index (κ1) is 24.0. The van der Waals surface area contributed by atoms with Crippen LogP contribution in [0.15, 0.2) is 68.5 Å². The summed E-state index contributed by atoms with van der Waals surface area (Å²) in [5.41, 5.74) is 3.37. The van der Waals surface area contributed by atoms with E-state index >= 15 is 0 Å². The Kier molecular flexibility index (Phi) is 7.68. The predicted molar refractivity (Wildman–Crippen MR) is 141 cm³/mol. The van der Waals surface area contributed by atoms with E-state index in [1.165, 1.54) is 0 Å². The van der Waals surface area contributed by atoms with Gasteiger partial charge in [-0.25, -0.2) is 9.79 Å². The molecule has 6 nitrogen and oxygen atoms in total. The molecule has 1 atom stereocenters. The summed E-state index contributed by atoms with van der Waals surface area (Å²) in [6, 6.07) is 8.06. The van der Waals surface area contributed by atoms with Gasteiger partial charge in [-0.1, -0.05) is 25.2 Å². The summed E-state index contributed by atoms with van der Waals surface area (Å²) < 4.78 is 11.4. The van der Waals surface area contributed by atoms with Crippen molar-refractivity contribution in [2.75, 3.05) is 45.2 Å². The zero-order valence-corrected chi connectivity index (χ0v) is 20.7. The number of fused-ring (bicyclic) bond motifs is 1. The summed E-state index contributed by atoms with van der Waals surface area (Å²) in [5.74, 6) is 0.983. The molecule has 1 saturated heterocycles. The normalized spacial score (nSPS) is 20.4. The van der Waals surface area contributed by atoms with Gasteiger partial charge < -0.3 is 19.0 Å². The summed E-state index contributed by atoms with van der Waals surface area (Å²) in [5, 5.41) is 0.900. The molecule has 1 unspecified atom stereocenters. The molecular formula is C28H35N3O3. The fourth-order valence-electron chi connectivity index (χ4n) is 4.64. The van der Waals surface area contributed by atoms with E-state index in [4.69, 9.17) is 14.1 Å². The van der Waals surface area contributed by atoms with E-state index in [-0.39, 0.29) is 11.5 Å². The van der Waals surface area contributed by atoms with Crippen molar-refractivity contribution in [2.45, 2.75) is 33.1 Å². The molecule has 0 aliphatic carbocycles. The zero-order chi connectivity index (χ0) is 24.1. The van der Waals surface area contributed by atoms with Crippen LogP contribution in [0, 0.1) is 5.92 Å². The maximum atomic E-state index is 13.0. The minimum Gasteiger partial charge on any atom is -0.495 e. The first-order chi connectivity index (χ1) is 16.5. The van der Waals surface area contributed by atoms with Gasteiger partial charge in [0.2, 0.25) is 0 Å². The van der Waals surface area contributed by atoms with E-state index in [9.17, 15) is 4.79 Å². The molecule has 0 bridgehead atoms. The highest BCUT2D eigenvalue weighted by Crippen LogP contribution is 2.30. The molecule has 3 heterocycles. The number of hydrogen-bond donors (Lipinski definition) is 0. The lowest BCUT2D eigenvalue weighted by Gasteiger charge is -2.23. The molecule has 180 valence electrons. The third kappa shape index (κ3) is 5.17. The Morgan fingerprint density at radius 3 is 2.85 bits per heavy atom. The molecule has 1 fully saturated rings. The molecule has 0 N–H and O–H groups in total. The standard InChI is InChI=1S/C28H35N3O3/c1-5-7-9-25(33-4)27-20(6-2)11-13-24(29-27)23-18-21-10-12-22(19-26(21)34-28(23)32)31-15-8-14-30(3)16-17-31/h5,7,9-10,12-13,18-20H,6,8,11,14-17H2,1-4H3. The van der Waals surface area contributed by atoms with Crippen LogP contribution in [-0.2, 0) is 4.74 Å². The molecule has 0 spiro atoms. The average Bonchev–Trinajstić information content (AvgIpc) is 3.08. The van der Waals surface area contributed by atoms with Gasteiger partial charge in [0.25, 0.3) is 0 Å². The first-order valence-electron chi connectivity index (χ1n) is 12.2. The van der Waals surface area contributed by atoms with Gasteiger partial charge in [-0.15, -0.1) is 0 Å². The van der Waals surface area contributed by atoms with Gasteiger partial charge >= 0.3 is 5.63 Å². The Bertz CT molecular complexity index is 1210.